The van der Waals surface area contributed by atoms with Gasteiger partial charge in [-0.2, -0.15) is 5.26 Å². The molecule has 0 radical (unpaired) electrons. The van der Waals surface area contributed by atoms with Crippen LogP contribution in [0, 0.1) is 11.3 Å². The molecule has 108 valence electrons. The van der Waals surface area contributed by atoms with Crippen LogP contribution >= 0.6 is 12.2 Å². The molecule has 0 N–H and O–H groups in total. The van der Waals surface area contributed by atoms with Crippen LogP contribution in [0.4, 0.5) is 5.69 Å². The molecule has 0 unspecified atom stereocenters. The lowest BCUT2D eigenvalue weighted by Crippen LogP contribution is -2.31. The summed E-state index contributed by atoms with van der Waals surface area (Å²) in [6, 6.07) is 12.3. The Labute approximate surface area is 132 Å². The summed E-state index contributed by atoms with van der Waals surface area (Å²) < 4.78 is 5.25. The molecule has 1 aliphatic heterocycles. The van der Waals surface area contributed by atoms with Crippen molar-refractivity contribution in [2.75, 3.05) is 11.9 Å². The standard InChI is InChI=1S/C16H11N3O2S/c1-18-14(9-13-3-2-8-21-13)15(20)19(16(18)22)12-6-4-11(10-17)5-7-12/h2-9H,1H3. The minimum absolute atomic E-state index is 0.228. The maximum absolute atomic E-state index is 12.6. The van der Waals surface area contributed by atoms with Crippen LogP contribution < -0.4 is 4.90 Å². The fourth-order valence-corrected chi connectivity index (χ4v) is 2.46. The van der Waals surface area contributed by atoms with Crippen LogP contribution in [-0.2, 0) is 4.79 Å². The number of nitriles is 1. The van der Waals surface area contributed by atoms with E-state index in [1.165, 1.54) is 4.90 Å². The van der Waals surface area contributed by atoms with Gasteiger partial charge in [0.15, 0.2) is 5.11 Å². The molecule has 2 aromatic rings. The quantitative estimate of drug-likeness (QED) is 0.630. The van der Waals surface area contributed by atoms with Gasteiger partial charge in [-0.05, 0) is 48.6 Å². The zero-order chi connectivity index (χ0) is 15.7. The molecule has 0 bridgehead atoms. The van der Waals surface area contributed by atoms with E-state index in [1.807, 2.05) is 6.07 Å². The van der Waals surface area contributed by atoms with Crippen molar-refractivity contribution in [3.63, 3.8) is 0 Å². The summed E-state index contributed by atoms with van der Waals surface area (Å²) in [7, 11) is 1.73. The number of amides is 1. The number of hydrogen-bond acceptors (Lipinski definition) is 4. The third-order valence-corrected chi connectivity index (χ3v) is 3.79. The molecule has 0 saturated carbocycles. The SMILES string of the molecule is CN1C(=S)N(c2ccc(C#N)cc2)C(=O)C1=Cc1ccco1. The topological polar surface area (TPSA) is 60.5 Å². The Morgan fingerprint density at radius 3 is 2.59 bits per heavy atom. The Hall–Kier alpha value is -2.91. The fraction of sp³-hybridized carbons (Fsp3) is 0.0625. The van der Waals surface area contributed by atoms with Crippen molar-refractivity contribution in [1.82, 2.24) is 4.90 Å². The van der Waals surface area contributed by atoms with Gasteiger partial charge in [0, 0.05) is 13.1 Å². The lowest BCUT2D eigenvalue weighted by molar-refractivity contribution is -0.114. The van der Waals surface area contributed by atoms with E-state index in [0.29, 0.717) is 27.8 Å². The van der Waals surface area contributed by atoms with E-state index in [2.05, 4.69) is 0 Å². The average molecular weight is 309 g/mol. The van der Waals surface area contributed by atoms with Gasteiger partial charge in [0.1, 0.15) is 11.5 Å². The third-order valence-electron chi connectivity index (χ3n) is 3.34. The van der Waals surface area contributed by atoms with Crippen LogP contribution in [0.5, 0.6) is 0 Å². The van der Waals surface area contributed by atoms with Crippen molar-refractivity contribution in [2.45, 2.75) is 0 Å². The van der Waals surface area contributed by atoms with Crippen LogP contribution in [0.2, 0.25) is 0 Å². The first kappa shape index (κ1) is 14.0. The molecule has 1 amide bonds. The molecule has 2 heterocycles. The first-order valence-corrected chi connectivity index (χ1v) is 6.90. The van der Waals surface area contributed by atoms with E-state index < -0.39 is 0 Å². The Balaban J connectivity index is 1.98. The first-order chi connectivity index (χ1) is 10.6. The summed E-state index contributed by atoms with van der Waals surface area (Å²) in [6.45, 7) is 0. The summed E-state index contributed by atoms with van der Waals surface area (Å²) in [5.41, 5.74) is 1.59. The largest absolute Gasteiger partial charge is 0.465 e. The second-order valence-corrected chi connectivity index (χ2v) is 5.05. The molecule has 0 aliphatic carbocycles. The minimum Gasteiger partial charge on any atom is -0.465 e. The van der Waals surface area contributed by atoms with E-state index in [1.54, 1.807) is 60.7 Å². The lowest BCUT2D eigenvalue weighted by atomic mass is 10.2. The molecular formula is C16H11N3O2S. The van der Waals surface area contributed by atoms with Crippen molar-refractivity contribution in [3.05, 3.63) is 59.7 Å². The highest BCUT2D eigenvalue weighted by Gasteiger charge is 2.36. The molecule has 3 rings (SSSR count). The second kappa shape index (κ2) is 5.47. The summed E-state index contributed by atoms with van der Waals surface area (Å²) in [5, 5.41) is 9.22. The number of anilines is 1. The van der Waals surface area contributed by atoms with Crippen LogP contribution in [0.1, 0.15) is 11.3 Å². The van der Waals surface area contributed by atoms with E-state index >= 15 is 0 Å². The first-order valence-electron chi connectivity index (χ1n) is 6.49. The van der Waals surface area contributed by atoms with Crippen molar-refractivity contribution in [2.24, 2.45) is 0 Å². The minimum atomic E-state index is -0.228. The summed E-state index contributed by atoms with van der Waals surface area (Å²) in [6.07, 6.45) is 3.20. The van der Waals surface area contributed by atoms with Crippen molar-refractivity contribution in [1.29, 1.82) is 5.26 Å². The van der Waals surface area contributed by atoms with E-state index in [0.717, 1.165) is 0 Å². The van der Waals surface area contributed by atoms with Crippen LogP contribution in [0.15, 0.2) is 52.8 Å². The Morgan fingerprint density at radius 1 is 1.27 bits per heavy atom. The highest BCUT2D eigenvalue weighted by Crippen LogP contribution is 2.28. The molecule has 1 saturated heterocycles. The normalized spacial score (nSPS) is 16.5. The number of hydrogen-bond donors (Lipinski definition) is 0. The summed E-state index contributed by atoms with van der Waals surface area (Å²) in [4.78, 5) is 15.7. The van der Waals surface area contributed by atoms with Gasteiger partial charge in [-0.1, -0.05) is 0 Å². The summed E-state index contributed by atoms with van der Waals surface area (Å²) >= 11 is 5.35. The number of rotatable bonds is 2. The number of benzene rings is 1. The van der Waals surface area contributed by atoms with Gasteiger partial charge in [0.05, 0.1) is 23.6 Å². The van der Waals surface area contributed by atoms with Gasteiger partial charge < -0.3 is 9.32 Å². The zero-order valence-corrected chi connectivity index (χ0v) is 12.5. The Bertz CT molecular complexity index is 801. The number of carbonyl (C=O) groups excluding carboxylic acids is 1. The fourth-order valence-electron chi connectivity index (χ4n) is 2.18. The average Bonchev–Trinajstić information content (AvgIpc) is 3.11. The molecule has 1 fully saturated rings. The number of nitrogens with zero attached hydrogens (tertiary/aromatic N) is 3. The molecule has 22 heavy (non-hydrogen) atoms. The molecule has 6 heteroatoms. The monoisotopic (exact) mass is 309 g/mol. The van der Waals surface area contributed by atoms with E-state index in [4.69, 9.17) is 21.9 Å². The van der Waals surface area contributed by atoms with Crippen molar-refractivity contribution >= 4 is 35.0 Å². The predicted molar refractivity (Wildman–Crippen MR) is 85.7 cm³/mol. The van der Waals surface area contributed by atoms with E-state index in [9.17, 15) is 4.79 Å². The lowest BCUT2D eigenvalue weighted by Gasteiger charge is -2.16. The van der Waals surface area contributed by atoms with Crippen molar-refractivity contribution in [3.8, 4) is 6.07 Å². The summed E-state index contributed by atoms with van der Waals surface area (Å²) in [5.74, 6) is 0.355. The maximum Gasteiger partial charge on any atom is 0.281 e. The number of furan rings is 1. The zero-order valence-electron chi connectivity index (χ0n) is 11.7. The van der Waals surface area contributed by atoms with Crippen LogP contribution in [0.25, 0.3) is 6.08 Å². The van der Waals surface area contributed by atoms with Gasteiger partial charge in [0.2, 0.25) is 0 Å². The molecule has 0 atom stereocenters. The number of carbonyl (C=O) groups is 1. The highest BCUT2D eigenvalue weighted by molar-refractivity contribution is 7.80. The highest BCUT2D eigenvalue weighted by atomic mass is 32.1. The smallest absolute Gasteiger partial charge is 0.281 e. The Morgan fingerprint density at radius 2 is 2.00 bits per heavy atom. The van der Waals surface area contributed by atoms with Gasteiger partial charge in [-0.25, -0.2) is 0 Å². The molecule has 1 aromatic heterocycles. The van der Waals surface area contributed by atoms with E-state index in [-0.39, 0.29) is 5.91 Å². The van der Waals surface area contributed by atoms with Gasteiger partial charge >= 0.3 is 0 Å². The van der Waals surface area contributed by atoms with Gasteiger partial charge in [-0.15, -0.1) is 0 Å². The van der Waals surface area contributed by atoms with Crippen molar-refractivity contribution < 1.29 is 9.21 Å². The van der Waals surface area contributed by atoms with Gasteiger partial charge in [-0.3, -0.25) is 9.69 Å². The molecule has 0 spiro atoms. The molecule has 1 aromatic carbocycles. The maximum atomic E-state index is 12.6. The molecule has 5 nitrogen and oxygen atoms in total. The Kier molecular flexibility index (Phi) is 3.49. The predicted octanol–water partition coefficient (Wildman–Crippen LogP) is 2.76. The van der Waals surface area contributed by atoms with Crippen LogP contribution in [-0.4, -0.2) is 23.0 Å². The molecular weight excluding hydrogens is 298 g/mol. The number of likely N-dealkylation sites (N-methyl/N-ethyl adjacent to an activating group) is 1. The van der Waals surface area contributed by atoms with Gasteiger partial charge in [0.25, 0.3) is 5.91 Å². The third kappa shape index (κ3) is 2.28. The second-order valence-electron chi connectivity index (χ2n) is 4.69. The van der Waals surface area contributed by atoms with Crippen LogP contribution in [0.3, 0.4) is 0 Å². The number of thiocarbonyl (C=S) groups is 1. The molecule has 1 aliphatic rings.